The number of carbonyl (C=O) groups is 1. The van der Waals surface area contributed by atoms with E-state index in [2.05, 4.69) is 31.9 Å². The number of nitrogens with zero attached hydrogens (tertiary/aromatic N) is 3. The minimum Gasteiger partial charge on any atom is -0.304 e. The molecule has 8 nitrogen and oxygen atoms in total. The monoisotopic (exact) mass is 485 g/mol. The van der Waals surface area contributed by atoms with Gasteiger partial charge in [0, 0.05) is 55.8 Å². The van der Waals surface area contributed by atoms with Gasteiger partial charge in [0.1, 0.15) is 0 Å². The van der Waals surface area contributed by atoms with Crippen LogP contribution in [0.3, 0.4) is 0 Å². The van der Waals surface area contributed by atoms with Crippen molar-refractivity contribution in [3.63, 3.8) is 0 Å². The summed E-state index contributed by atoms with van der Waals surface area (Å²) < 4.78 is 27.8. The number of aromatic nitrogens is 1. The summed E-state index contributed by atoms with van der Waals surface area (Å²) >= 11 is 1.34. The molecule has 2 heterocycles. The van der Waals surface area contributed by atoms with Gasteiger partial charge in [-0.15, -0.1) is 11.3 Å². The fourth-order valence-electron chi connectivity index (χ4n) is 3.52. The molecular weight excluding hydrogens is 458 g/mol. The Morgan fingerprint density at radius 1 is 1.03 bits per heavy atom. The first kappa shape index (κ1) is 23.5. The molecule has 174 valence electrons. The van der Waals surface area contributed by atoms with Gasteiger partial charge in [0.25, 0.3) is 5.91 Å². The normalized spacial score (nSPS) is 15.4. The Hall–Kier alpha value is -2.63. The lowest BCUT2D eigenvalue weighted by Gasteiger charge is -2.32. The molecule has 0 atom stereocenters. The van der Waals surface area contributed by atoms with Crippen LogP contribution in [0.2, 0.25) is 0 Å². The highest BCUT2D eigenvalue weighted by Crippen LogP contribution is 2.25. The summed E-state index contributed by atoms with van der Waals surface area (Å²) in [4.78, 5) is 21.7. The standard InChI is InChI=1S/C23H27N5O3S2/c1-27-13-15-28(16-14-27)12-11-24-33(30,31)20-9-7-19(8-10-20)22(29)26-23-25-21(17-32-23)18-5-3-2-4-6-18/h2-10,17,24H,11-16H2,1H3,(H,25,26,29). The predicted molar refractivity (Wildman–Crippen MR) is 131 cm³/mol. The molecule has 2 N–H and O–H groups in total. The van der Waals surface area contributed by atoms with Gasteiger partial charge in [0.15, 0.2) is 5.13 Å². The molecule has 0 radical (unpaired) electrons. The third-order valence-electron chi connectivity index (χ3n) is 5.54. The smallest absolute Gasteiger partial charge is 0.257 e. The molecule has 0 bridgehead atoms. The van der Waals surface area contributed by atoms with Crippen LogP contribution in [0.4, 0.5) is 5.13 Å². The highest BCUT2D eigenvalue weighted by molar-refractivity contribution is 7.89. The number of benzene rings is 2. The third kappa shape index (κ3) is 6.24. The number of amides is 1. The maximum Gasteiger partial charge on any atom is 0.257 e. The summed E-state index contributed by atoms with van der Waals surface area (Å²) in [6.07, 6.45) is 0. The Bertz CT molecular complexity index is 1170. The van der Waals surface area contributed by atoms with Gasteiger partial charge in [0.2, 0.25) is 10.0 Å². The molecule has 0 saturated carbocycles. The molecule has 1 aliphatic heterocycles. The van der Waals surface area contributed by atoms with E-state index in [9.17, 15) is 13.2 Å². The quantitative estimate of drug-likeness (QED) is 0.509. The van der Waals surface area contributed by atoms with Crippen molar-refractivity contribution >= 4 is 32.4 Å². The topological polar surface area (TPSA) is 94.6 Å². The van der Waals surface area contributed by atoms with Crippen molar-refractivity contribution in [2.45, 2.75) is 4.90 Å². The lowest BCUT2D eigenvalue weighted by Crippen LogP contribution is -2.46. The molecule has 10 heteroatoms. The van der Waals surface area contributed by atoms with Crippen LogP contribution in [0.1, 0.15) is 10.4 Å². The van der Waals surface area contributed by atoms with E-state index in [1.165, 1.54) is 35.6 Å². The Labute approximate surface area is 198 Å². The number of anilines is 1. The zero-order valence-corrected chi connectivity index (χ0v) is 20.0. The highest BCUT2D eigenvalue weighted by atomic mass is 32.2. The first-order valence-corrected chi connectivity index (χ1v) is 13.1. The molecule has 1 aliphatic rings. The second-order valence-electron chi connectivity index (χ2n) is 7.93. The Morgan fingerprint density at radius 2 is 1.73 bits per heavy atom. The SMILES string of the molecule is CN1CCN(CCNS(=O)(=O)c2ccc(C(=O)Nc3nc(-c4ccccc4)cs3)cc2)CC1. The molecule has 2 aromatic carbocycles. The van der Waals surface area contributed by atoms with Crippen LogP contribution in [0.25, 0.3) is 11.3 Å². The van der Waals surface area contributed by atoms with E-state index in [4.69, 9.17) is 0 Å². The van der Waals surface area contributed by atoms with E-state index in [0.29, 0.717) is 23.8 Å². The molecule has 1 fully saturated rings. The first-order chi connectivity index (χ1) is 15.9. The van der Waals surface area contributed by atoms with Crippen LogP contribution in [0.5, 0.6) is 0 Å². The van der Waals surface area contributed by atoms with Crippen LogP contribution in [-0.2, 0) is 10.0 Å². The zero-order chi connectivity index (χ0) is 23.3. The van der Waals surface area contributed by atoms with Crippen LogP contribution in [-0.4, -0.2) is 75.4 Å². The average Bonchev–Trinajstić information content (AvgIpc) is 3.29. The summed E-state index contributed by atoms with van der Waals surface area (Å²) in [5.74, 6) is -0.337. The van der Waals surface area contributed by atoms with E-state index < -0.39 is 10.0 Å². The summed E-state index contributed by atoms with van der Waals surface area (Å²) in [7, 11) is -1.54. The summed E-state index contributed by atoms with van der Waals surface area (Å²) in [5, 5.41) is 5.15. The van der Waals surface area contributed by atoms with Gasteiger partial charge in [-0.25, -0.2) is 18.1 Å². The predicted octanol–water partition coefficient (Wildman–Crippen LogP) is 2.59. The van der Waals surface area contributed by atoms with Gasteiger partial charge in [-0.05, 0) is 31.3 Å². The molecule has 1 aromatic heterocycles. The van der Waals surface area contributed by atoms with Crippen molar-refractivity contribution in [3.05, 3.63) is 65.5 Å². The van der Waals surface area contributed by atoms with Crippen LogP contribution in [0, 0.1) is 0 Å². The second kappa shape index (κ2) is 10.5. The molecule has 1 amide bonds. The van der Waals surface area contributed by atoms with Crippen molar-refractivity contribution in [1.29, 1.82) is 0 Å². The number of carbonyl (C=O) groups excluding carboxylic acids is 1. The Morgan fingerprint density at radius 3 is 2.42 bits per heavy atom. The van der Waals surface area contributed by atoms with E-state index in [-0.39, 0.29) is 10.8 Å². The molecule has 4 rings (SSSR count). The molecule has 1 saturated heterocycles. The molecule has 0 unspecified atom stereocenters. The molecule has 33 heavy (non-hydrogen) atoms. The minimum absolute atomic E-state index is 0.137. The van der Waals surface area contributed by atoms with E-state index in [1.807, 2.05) is 35.7 Å². The summed E-state index contributed by atoms with van der Waals surface area (Å²) in [5.41, 5.74) is 2.13. The average molecular weight is 486 g/mol. The largest absolute Gasteiger partial charge is 0.304 e. The number of likely N-dealkylation sites (N-methyl/N-ethyl adjacent to an activating group) is 1. The Kier molecular flexibility index (Phi) is 7.51. The Balaban J connectivity index is 1.31. The lowest BCUT2D eigenvalue weighted by atomic mass is 10.2. The van der Waals surface area contributed by atoms with Crippen molar-refractivity contribution in [2.75, 3.05) is 51.6 Å². The first-order valence-electron chi connectivity index (χ1n) is 10.7. The number of nitrogens with one attached hydrogen (secondary N) is 2. The van der Waals surface area contributed by atoms with Gasteiger partial charge >= 0.3 is 0 Å². The number of rotatable bonds is 8. The number of thiazole rings is 1. The van der Waals surface area contributed by atoms with Gasteiger partial charge in [0.05, 0.1) is 10.6 Å². The van der Waals surface area contributed by atoms with Gasteiger partial charge in [-0.3, -0.25) is 15.0 Å². The third-order valence-corrected chi connectivity index (χ3v) is 7.77. The fraction of sp³-hybridized carbons (Fsp3) is 0.304. The van der Waals surface area contributed by atoms with E-state index in [1.54, 1.807) is 0 Å². The van der Waals surface area contributed by atoms with Crippen LogP contribution >= 0.6 is 11.3 Å². The van der Waals surface area contributed by atoms with Crippen molar-refractivity contribution in [3.8, 4) is 11.3 Å². The molecule has 0 aliphatic carbocycles. The lowest BCUT2D eigenvalue weighted by molar-refractivity contribution is 0.102. The van der Waals surface area contributed by atoms with Gasteiger partial charge in [-0.1, -0.05) is 30.3 Å². The van der Waals surface area contributed by atoms with E-state index >= 15 is 0 Å². The van der Waals surface area contributed by atoms with Crippen LogP contribution < -0.4 is 10.0 Å². The fourth-order valence-corrected chi connectivity index (χ4v) is 5.26. The molecular formula is C23H27N5O3S2. The van der Waals surface area contributed by atoms with Crippen molar-refractivity contribution in [1.82, 2.24) is 19.5 Å². The molecule has 3 aromatic rings. The molecule has 0 spiro atoms. The zero-order valence-electron chi connectivity index (χ0n) is 18.4. The van der Waals surface area contributed by atoms with Crippen LogP contribution in [0.15, 0.2) is 64.9 Å². The number of piperazine rings is 1. The highest BCUT2D eigenvalue weighted by Gasteiger charge is 2.18. The summed E-state index contributed by atoms with van der Waals surface area (Å²) in [6, 6.07) is 15.6. The van der Waals surface area contributed by atoms with Gasteiger partial charge < -0.3 is 4.90 Å². The van der Waals surface area contributed by atoms with E-state index in [0.717, 1.165) is 37.4 Å². The second-order valence-corrected chi connectivity index (χ2v) is 10.6. The maximum absolute atomic E-state index is 12.6. The number of sulfonamides is 1. The van der Waals surface area contributed by atoms with Crippen molar-refractivity contribution in [2.24, 2.45) is 0 Å². The number of hydrogen-bond donors (Lipinski definition) is 2. The minimum atomic E-state index is -3.63. The summed E-state index contributed by atoms with van der Waals surface area (Å²) in [6.45, 7) is 4.88. The maximum atomic E-state index is 12.6. The number of hydrogen-bond acceptors (Lipinski definition) is 7. The van der Waals surface area contributed by atoms with Gasteiger partial charge in [-0.2, -0.15) is 0 Å². The van der Waals surface area contributed by atoms with Crippen molar-refractivity contribution < 1.29 is 13.2 Å².